The standard InChI is InChI=1S/C22H28N4O.2ClH/c23-10-7-17-1-3-18(4-2-17)13-25-14-19-5-6-21(25)16-26(15-19)22(27)20-8-11-24-12-9-20;;/h1-4,8-9,11-12,19,21H,5-7,10,13-16,23H2;2*1H/t19-,21-;;/m1../s1. The lowest BCUT2D eigenvalue weighted by Gasteiger charge is -2.36. The Morgan fingerprint density at radius 1 is 0.966 bits per heavy atom. The first-order valence-electron chi connectivity index (χ1n) is 9.94. The highest BCUT2D eigenvalue weighted by molar-refractivity contribution is 5.94. The van der Waals surface area contributed by atoms with Crippen LogP contribution < -0.4 is 5.73 Å². The highest BCUT2D eigenvalue weighted by atomic mass is 35.5. The number of benzene rings is 1. The number of hydrogen-bond acceptors (Lipinski definition) is 4. The Hall–Kier alpha value is -1.66. The van der Waals surface area contributed by atoms with Crippen molar-refractivity contribution in [3.63, 3.8) is 0 Å². The van der Waals surface area contributed by atoms with Crippen LogP contribution in [-0.4, -0.2) is 52.9 Å². The van der Waals surface area contributed by atoms with Gasteiger partial charge in [0.05, 0.1) is 0 Å². The van der Waals surface area contributed by atoms with Crippen LogP contribution in [0.15, 0.2) is 48.8 Å². The maximum Gasteiger partial charge on any atom is 0.254 e. The van der Waals surface area contributed by atoms with Gasteiger partial charge in [0.15, 0.2) is 0 Å². The number of pyridine rings is 1. The second-order valence-corrected chi connectivity index (χ2v) is 7.83. The minimum Gasteiger partial charge on any atom is -0.337 e. The topological polar surface area (TPSA) is 62.5 Å². The van der Waals surface area contributed by atoms with E-state index in [2.05, 4.69) is 39.0 Å². The van der Waals surface area contributed by atoms with Crippen LogP contribution in [0.3, 0.4) is 0 Å². The van der Waals surface area contributed by atoms with Gasteiger partial charge in [-0.1, -0.05) is 24.3 Å². The molecule has 0 unspecified atom stereocenters. The third-order valence-electron chi connectivity index (χ3n) is 5.88. The zero-order chi connectivity index (χ0) is 18.6. The molecule has 1 amide bonds. The quantitative estimate of drug-likeness (QED) is 0.781. The largest absolute Gasteiger partial charge is 0.337 e. The number of halogens is 2. The van der Waals surface area contributed by atoms with Crippen molar-refractivity contribution in [3.05, 3.63) is 65.5 Å². The number of aromatic nitrogens is 1. The molecule has 0 radical (unpaired) electrons. The Kier molecular flexibility index (Phi) is 8.90. The summed E-state index contributed by atoms with van der Waals surface area (Å²) in [6, 6.07) is 12.9. The molecule has 2 N–H and O–H groups in total. The van der Waals surface area contributed by atoms with Crippen LogP contribution in [-0.2, 0) is 13.0 Å². The number of hydrogen-bond donors (Lipinski definition) is 1. The fraction of sp³-hybridized carbons (Fsp3) is 0.455. The second kappa shape index (κ2) is 10.9. The monoisotopic (exact) mass is 436 g/mol. The van der Waals surface area contributed by atoms with Crippen molar-refractivity contribution in [3.8, 4) is 0 Å². The molecular formula is C22H30Cl2N4O. The molecular weight excluding hydrogens is 407 g/mol. The molecule has 3 aliphatic heterocycles. The Bertz CT molecular complexity index is 772. The molecule has 2 aromatic rings. The first-order valence-corrected chi connectivity index (χ1v) is 9.94. The summed E-state index contributed by atoms with van der Waals surface area (Å²) >= 11 is 0. The zero-order valence-corrected chi connectivity index (χ0v) is 18.2. The predicted octanol–water partition coefficient (Wildman–Crippen LogP) is 3.16. The molecule has 1 aromatic carbocycles. The molecule has 0 spiro atoms. The third kappa shape index (κ3) is 5.70. The average molecular weight is 437 g/mol. The van der Waals surface area contributed by atoms with Crippen molar-refractivity contribution in [1.82, 2.24) is 14.8 Å². The summed E-state index contributed by atoms with van der Waals surface area (Å²) in [6.45, 7) is 4.42. The van der Waals surface area contributed by atoms with Gasteiger partial charge in [0.1, 0.15) is 0 Å². The van der Waals surface area contributed by atoms with Crippen LogP contribution in [0.5, 0.6) is 0 Å². The van der Waals surface area contributed by atoms with E-state index in [-0.39, 0.29) is 30.7 Å². The fourth-order valence-electron chi connectivity index (χ4n) is 4.43. The maximum atomic E-state index is 12.9. The Balaban J connectivity index is 0.00000150. The smallest absolute Gasteiger partial charge is 0.254 e. The second-order valence-electron chi connectivity index (χ2n) is 7.83. The van der Waals surface area contributed by atoms with Gasteiger partial charge < -0.3 is 10.6 Å². The summed E-state index contributed by atoms with van der Waals surface area (Å²) in [4.78, 5) is 21.6. The molecule has 158 valence electrons. The molecule has 2 atom stereocenters. The summed E-state index contributed by atoms with van der Waals surface area (Å²) in [5.41, 5.74) is 9.03. The fourth-order valence-corrected chi connectivity index (χ4v) is 4.43. The van der Waals surface area contributed by atoms with Crippen molar-refractivity contribution in [2.45, 2.75) is 31.8 Å². The van der Waals surface area contributed by atoms with Crippen LogP contribution in [0.2, 0.25) is 0 Å². The number of fused-ring (bicyclic) bond motifs is 4. The molecule has 1 aromatic heterocycles. The Labute approximate surface area is 185 Å². The van der Waals surface area contributed by atoms with Crippen molar-refractivity contribution in [1.29, 1.82) is 0 Å². The molecule has 29 heavy (non-hydrogen) atoms. The van der Waals surface area contributed by atoms with Gasteiger partial charge in [-0.05, 0) is 55.0 Å². The van der Waals surface area contributed by atoms with Crippen LogP contribution in [0.1, 0.15) is 34.3 Å². The van der Waals surface area contributed by atoms with E-state index in [0.717, 1.165) is 38.2 Å². The van der Waals surface area contributed by atoms with E-state index in [9.17, 15) is 4.79 Å². The van der Waals surface area contributed by atoms with Gasteiger partial charge in [-0.15, -0.1) is 24.8 Å². The maximum absolute atomic E-state index is 12.9. The minimum absolute atomic E-state index is 0. The Morgan fingerprint density at radius 2 is 1.66 bits per heavy atom. The molecule has 4 heterocycles. The van der Waals surface area contributed by atoms with E-state index in [0.29, 0.717) is 18.5 Å². The predicted molar refractivity (Wildman–Crippen MR) is 121 cm³/mol. The van der Waals surface area contributed by atoms with Gasteiger partial charge in [0, 0.05) is 50.2 Å². The van der Waals surface area contributed by atoms with E-state index in [4.69, 9.17) is 5.73 Å². The summed E-state index contributed by atoms with van der Waals surface area (Å²) in [5, 5.41) is 0. The number of carbonyl (C=O) groups is 1. The lowest BCUT2D eigenvalue weighted by molar-refractivity contribution is 0.0736. The minimum atomic E-state index is 0. The number of piperidine rings is 1. The van der Waals surface area contributed by atoms with Crippen molar-refractivity contribution < 1.29 is 4.79 Å². The molecule has 7 heteroatoms. The number of amides is 1. The van der Waals surface area contributed by atoms with Crippen LogP contribution in [0.4, 0.5) is 0 Å². The first kappa shape index (κ1) is 23.6. The van der Waals surface area contributed by atoms with E-state index in [1.165, 1.54) is 24.0 Å². The van der Waals surface area contributed by atoms with Gasteiger partial charge >= 0.3 is 0 Å². The van der Waals surface area contributed by atoms with Gasteiger partial charge in [-0.2, -0.15) is 0 Å². The summed E-state index contributed by atoms with van der Waals surface area (Å²) in [5.74, 6) is 0.702. The van der Waals surface area contributed by atoms with E-state index >= 15 is 0 Å². The van der Waals surface area contributed by atoms with E-state index in [1.54, 1.807) is 12.4 Å². The molecule has 3 saturated heterocycles. The first-order chi connectivity index (χ1) is 13.2. The van der Waals surface area contributed by atoms with E-state index < -0.39 is 0 Å². The van der Waals surface area contributed by atoms with Crippen molar-refractivity contribution in [2.24, 2.45) is 11.7 Å². The van der Waals surface area contributed by atoms with Gasteiger partial charge in [-0.25, -0.2) is 0 Å². The average Bonchev–Trinajstić information content (AvgIpc) is 3.02. The third-order valence-corrected chi connectivity index (χ3v) is 5.88. The van der Waals surface area contributed by atoms with Crippen molar-refractivity contribution in [2.75, 3.05) is 26.2 Å². The number of rotatable bonds is 5. The molecule has 2 bridgehead atoms. The molecule has 3 aliphatic rings. The normalized spacial score (nSPS) is 21.1. The number of carbonyl (C=O) groups excluding carboxylic acids is 1. The number of nitrogens with zero attached hydrogens (tertiary/aromatic N) is 3. The van der Waals surface area contributed by atoms with Crippen LogP contribution in [0.25, 0.3) is 0 Å². The molecule has 0 aliphatic carbocycles. The van der Waals surface area contributed by atoms with Gasteiger partial charge in [-0.3, -0.25) is 14.7 Å². The summed E-state index contributed by atoms with van der Waals surface area (Å²) < 4.78 is 0. The molecule has 5 rings (SSSR count). The lowest BCUT2D eigenvalue weighted by atomic mass is 9.94. The zero-order valence-electron chi connectivity index (χ0n) is 16.6. The molecule has 5 nitrogen and oxygen atoms in total. The highest BCUT2D eigenvalue weighted by Gasteiger charge is 2.36. The van der Waals surface area contributed by atoms with Crippen molar-refractivity contribution >= 4 is 30.7 Å². The van der Waals surface area contributed by atoms with Crippen LogP contribution >= 0.6 is 24.8 Å². The van der Waals surface area contributed by atoms with Gasteiger partial charge in [0.2, 0.25) is 0 Å². The SMILES string of the molecule is Cl.Cl.NCCc1ccc(CN2C[C@H]3CC[C@@H]2CN(C(=O)c2ccncc2)C3)cc1. The molecule has 3 fully saturated rings. The Morgan fingerprint density at radius 3 is 2.34 bits per heavy atom. The summed E-state index contributed by atoms with van der Waals surface area (Å²) in [6.07, 6.45) is 6.72. The lowest BCUT2D eigenvalue weighted by Crippen LogP contribution is -2.43. The van der Waals surface area contributed by atoms with E-state index in [1.807, 2.05) is 12.1 Å². The summed E-state index contributed by atoms with van der Waals surface area (Å²) in [7, 11) is 0. The number of nitrogens with two attached hydrogens (primary N) is 1. The van der Waals surface area contributed by atoms with Gasteiger partial charge in [0.25, 0.3) is 5.91 Å². The molecule has 0 saturated carbocycles. The van der Waals surface area contributed by atoms with Crippen LogP contribution in [0, 0.1) is 5.92 Å². The highest BCUT2D eigenvalue weighted by Crippen LogP contribution is 2.30.